The Labute approximate surface area is 136 Å². The van der Waals surface area contributed by atoms with Gasteiger partial charge in [0.25, 0.3) is 0 Å². The van der Waals surface area contributed by atoms with Crippen LogP contribution in [0.1, 0.15) is 26.3 Å². The maximum absolute atomic E-state index is 12.3. The van der Waals surface area contributed by atoms with Crippen LogP contribution < -0.4 is 4.18 Å². The van der Waals surface area contributed by atoms with Crippen molar-refractivity contribution in [3.63, 3.8) is 0 Å². The molecule has 0 heterocycles. The Morgan fingerprint density at radius 1 is 1.13 bits per heavy atom. The summed E-state index contributed by atoms with van der Waals surface area (Å²) in [6.07, 6.45) is 0. The lowest BCUT2D eigenvalue weighted by Crippen LogP contribution is -2.29. The largest absolute Gasteiger partial charge is 0.534 e. The highest BCUT2D eigenvalue weighted by atomic mass is 32.2. The molecule has 0 fully saturated rings. The predicted molar refractivity (Wildman–Crippen MR) is 86.1 cm³/mol. The molecule has 0 bridgehead atoms. The van der Waals surface area contributed by atoms with Crippen LogP contribution in [0.15, 0.2) is 24.3 Å². The zero-order chi connectivity index (χ0) is 17.7. The number of hydrogen-bond donors (Lipinski definition) is 0. The summed E-state index contributed by atoms with van der Waals surface area (Å²) in [4.78, 5) is 0. The molecule has 0 amide bonds. The van der Waals surface area contributed by atoms with Crippen molar-refractivity contribution < 1.29 is 25.8 Å². The van der Waals surface area contributed by atoms with Crippen LogP contribution in [-0.4, -0.2) is 22.0 Å². The van der Waals surface area contributed by atoms with Gasteiger partial charge in [-0.15, -0.1) is 5.54 Å². The Hall–Kier alpha value is -1.46. The molecule has 0 atom stereocenters. The van der Waals surface area contributed by atoms with Crippen LogP contribution in [0.5, 0.6) is 5.75 Å². The summed E-state index contributed by atoms with van der Waals surface area (Å²) in [5.74, 6) is 2.56. The highest BCUT2D eigenvalue weighted by molar-refractivity contribution is 7.88. The van der Waals surface area contributed by atoms with Crippen LogP contribution in [0, 0.1) is 11.5 Å². The van der Waals surface area contributed by atoms with Crippen molar-refractivity contribution >= 4 is 18.2 Å². The summed E-state index contributed by atoms with van der Waals surface area (Å²) >= 11 is 0. The highest BCUT2D eigenvalue weighted by Gasteiger charge is 2.48. The van der Waals surface area contributed by atoms with E-state index in [0.29, 0.717) is 5.56 Å². The second kappa shape index (κ2) is 7.40. The predicted octanol–water partition coefficient (Wildman–Crippen LogP) is 4.31. The molecule has 0 aliphatic heterocycles. The Balaban J connectivity index is 3.09. The van der Waals surface area contributed by atoms with Gasteiger partial charge in [-0.2, -0.15) is 21.6 Å². The molecule has 23 heavy (non-hydrogen) atoms. The van der Waals surface area contributed by atoms with Gasteiger partial charge in [0.05, 0.1) is 0 Å². The molecule has 0 radical (unpaired) electrons. The number of alkyl halides is 3. The van der Waals surface area contributed by atoms with Gasteiger partial charge in [0.2, 0.25) is 0 Å². The van der Waals surface area contributed by atoms with Gasteiger partial charge in [0, 0.05) is 5.56 Å². The zero-order valence-electron chi connectivity index (χ0n) is 13.2. The molecule has 0 spiro atoms. The Kier molecular flexibility index (Phi) is 6.30. The minimum atomic E-state index is -5.66. The monoisotopic (exact) mass is 364 g/mol. The molecule has 1 aromatic rings. The molecular weight excluding hydrogens is 345 g/mol. The highest BCUT2D eigenvalue weighted by Crippen LogP contribution is 2.27. The maximum Gasteiger partial charge on any atom is 0.534 e. The third kappa shape index (κ3) is 5.01. The van der Waals surface area contributed by atoms with Gasteiger partial charge in [-0.1, -0.05) is 32.8 Å². The van der Waals surface area contributed by atoms with Crippen LogP contribution in [0.3, 0.4) is 0 Å². The van der Waals surface area contributed by atoms with E-state index in [1.165, 1.54) is 12.1 Å². The van der Waals surface area contributed by atoms with E-state index in [0.717, 1.165) is 24.2 Å². The first-order valence-electron chi connectivity index (χ1n) is 7.23. The topological polar surface area (TPSA) is 43.4 Å². The second-order valence-electron chi connectivity index (χ2n) is 5.10. The van der Waals surface area contributed by atoms with Crippen molar-refractivity contribution in [3.05, 3.63) is 29.8 Å². The fraction of sp³-hybridized carbons (Fsp3) is 0.467. The van der Waals surface area contributed by atoms with Crippen LogP contribution in [-0.2, 0) is 10.1 Å². The minimum Gasteiger partial charge on any atom is -0.376 e. The van der Waals surface area contributed by atoms with E-state index in [1.807, 2.05) is 0 Å². The molecule has 0 N–H and O–H groups in total. The SMILES string of the molecule is CC[Si](C#Cc1cccc(OS(=O)(=O)C(F)(F)F)c1)(CC)CC. The molecule has 8 heteroatoms. The van der Waals surface area contributed by atoms with Gasteiger partial charge in [-0.3, -0.25) is 0 Å². The van der Waals surface area contributed by atoms with Crippen LogP contribution >= 0.6 is 0 Å². The molecule has 3 nitrogen and oxygen atoms in total. The van der Waals surface area contributed by atoms with E-state index in [4.69, 9.17) is 0 Å². The number of benzene rings is 1. The molecule has 0 aliphatic rings. The van der Waals surface area contributed by atoms with Gasteiger partial charge in [-0.25, -0.2) is 0 Å². The summed E-state index contributed by atoms with van der Waals surface area (Å²) in [6, 6.07) is 8.36. The zero-order valence-corrected chi connectivity index (χ0v) is 15.0. The fourth-order valence-electron chi connectivity index (χ4n) is 2.02. The average Bonchev–Trinajstić information content (AvgIpc) is 2.48. The van der Waals surface area contributed by atoms with Crippen molar-refractivity contribution in [2.75, 3.05) is 0 Å². The second-order valence-corrected chi connectivity index (χ2v) is 11.6. The third-order valence-corrected chi connectivity index (χ3v) is 9.52. The summed E-state index contributed by atoms with van der Waals surface area (Å²) < 4.78 is 63.1. The van der Waals surface area contributed by atoms with E-state index >= 15 is 0 Å². The molecule has 0 aliphatic carbocycles. The first kappa shape index (κ1) is 19.6. The van der Waals surface area contributed by atoms with Crippen LogP contribution in [0.25, 0.3) is 0 Å². The molecule has 0 saturated carbocycles. The van der Waals surface area contributed by atoms with Crippen LogP contribution in [0.4, 0.5) is 13.2 Å². The number of halogens is 3. The van der Waals surface area contributed by atoms with Crippen molar-refractivity contribution in [3.8, 4) is 17.2 Å². The molecule has 0 unspecified atom stereocenters. The standard InChI is InChI=1S/C15H19F3O3SSi/c1-4-23(5-2,6-3)11-10-13-8-7-9-14(12-13)21-22(19,20)15(16,17)18/h7-9,12H,4-6H2,1-3H3. The van der Waals surface area contributed by atoms with Crippen molar-refractivity contribution in [2.24, 2.45) is 0 Å². The summed E-state index contributed by atoms with van der Waals surface area (Å²) in [6.45, 7) is 6.26. The van der Waals surface area contributed by atoms with E-state index in [2.05, 4.69) is 36.4 Å². The fourth-order valence-corrected chi connectivity index (χ4v) is 4.91. The van der Waals surface area contributed by atoms with Gasteiger partial charge in [0.1, 0.15) is 13.8 Å². The Morgan fingerprint density at radius 3 is 2.17 bits per heavy atom. The molecule has 0 saturated heterocycles. The molecule has 1 aromatic carbocycles. The van der Waals surface area contributed by atoms with Gasteiger partial charge in [-0.05, 0) is 36.3 Å². The van der Waals surface area contributed by atoms with Gasteiger partial charge < -0.3 is 4.18 Å². The lowest BCUT2D eigenvalue weighted by atomic mass is 10.2. The number of rotatable bonds is 5. The van der Waals surface area contributed by atoms with Crippen molar-refractivity contribution in [1.82, 2.24) is 0 Å². The maximum atomic E-state index is 12.3. The van der Waals surface area contributed by atoms with Gasteiger partial charge in [0.15, 0.2) is 0 Å². The summed E-state index contributed by atoms with van der Waals surface area (Å²) in [5, 5.41) is 0. The lowest BCUT2D eigenvalue weighted by molar-refractivity contribution is -0.0500. The molecular formula is C15H19F3O3SSi. The van der Waals surface area contributed by atoms with Crippen molar-refractivity contribution in [2.45, 2.75) is 44.4 Å². The molecule has 1 rings (SSSR count). The third-order valence-electron chi connectivity index (χ3n) is 3.83. The van der Waals surface area contributed by atoms with Crippen LogP contribution in [0.2, 0.25) is 18.1 Å². The summed E-state index contributed by atoms with van der Waals surface area (Å²) in [5.41, 5.74) is -1.74. The molecule has 0 aromatic heterocycles. The minimum absolute atomic E-state index is 0.397. The first-order valence-corrected chi connectivity index (χ1v) is 11.3. The smallest absolute Gasteiger partial charge is 0.376 e. The van der Waals surface area contributed by atoms with Crippen molar-refractivity contribution in [1.29, 1.82) is 0 Å². The van der Waals surface area contributed by atoms with E-state index in [9.17, 15) is 21.6 Å². The number of hydrogen-bond acceptors (Lipinski definition) is 3. The average molecular weight is 364 g/mol. The first-order chi connectivity index (χ1) is 10.6. The lowest BCUT2D eigenvalue weighted by Gasteiger charge is -2.20. The Bertz CT molecular complexity index is 690. The van der Waals surface area contributed by atoms with E-state index < -0.39 is 29.4 Å². The van der Waals surface area contributed by atoms with E-state index in [1.54, 1.807) is 6.07 Å². The normalized spacial score (nSPS) is 12.4. The Morgan fingerprint density at radius 2 is 1.70 bits per heavy atom. The summed E-state index contributed by atoms with van der Waals surface area (Å²) in [7, 11) is -7.36. The molecule has 128 valence electrons. The van der Waals surface area contributed by atoms with E-state index in [-0.39, 0.29) is 0 Å². The van der Waals surface area contributed by atoms with Gasteiger partial charge >= 0.3 is 15.6 Å². The quantitative estimate of drug-likeness (QED) is 0.338.